The monoisotopic (exact) mass is 354 g/mol. The van der Waals surface area contributed by atoms with E-state index in [1.807, 2.05) is 0 Å². The van der Waals surface area contributed by atoms with Crippen LogP contribution in [0, 0.1) is 0 Å². The van der Waals surface area contributed by atoms with E-state index in [2.05, 4.69) is 0 Å². The molecule has 1 heterocycles. The molecular formula is C13H16Cl2O5S. The van der Waals surface area contributed by atoms with Gasteiger partial charge in [0.25, 0.3) is 10.1 Å². The maximum atomic E-state index is 11.2. The van der Waals surface area contributed by atoms with Crippen LogP contribution in [-0.4, -0.2) is 40.8 Å². The number of halogens is 2. The Hall–Kier alpha value is -0.370. The molecule has 0 spiro atoms. The molecule has 1 fully saturated rings. The van der Waals surface area contributed by atoms with Gasteiger partial charge in [-0.05, 0) is 17.7 Å². The third-order valence-electron chi connectivity index (χ3n) is 3.07. The SMILES string of the molecule is CS(=O)(=O)OCC(CC1OCCO1)c1ccc(Cl)c(Cl)c1. The summed E-state index contributed by atoms with van der Waals surface area (Å²) in [5.74, 6) is -0.224. The van der Waals surface area contributed by atoms with Gasteiger partial charge in [-0.25, -0.2) is 0 Å². The maximum Gasteiger partial charge on any atom is 0.264 e. The summed E-state index contributed by atoms with van der Waals surface area (Å²) in [5.41, 5.74) is 0.826. The highest BCUT2D eigenvalue weighted by atomic mass is 35.5. The molecule has 0 aromatic heterocycles. The first kappa shape index (κ1) is 17.0. The van der Waals surface area contributed by atoms with Gasteiger partial charge < -0.3 is 9.47 Å². The maximum absolute atomic E-state index is 11.2. The minimum absolute atomic E-state index is 0.0000145. The molecule has 1 unspecified atom stereocenters. The second-order valence-electron chi connectivity index (χ2n) is 4.77. The molecule has 5 nitrogen and oxygen atoms in total. The molecule has 8 heteroatoms. The average Bonchev–Trinajstić information content (AvgIpc) is 2.90. The molecule has 0 aliphatic carbocycles. The van der Waals surface area contributed by atoms with Crippen LogP contribution in [0.4, 0.5) is 0 Å². The quantitative estimate of drug-likeness (QED) is 0.735. The number of hydrogen-bond acceptors (Lipinski definition) is 5. The zero-order valence-corrected chi connectivity index (χ0v) is 13.7. The lowest BCUT2D eigenvalue weighted by atomic mass is 9.96. The molecule has 21 heavy (non-hydrogen) atoms. The predicted octanol–water partition coefficient (Wildman–Crippen LogP) is 2.82. The highest BCUT2D eigenvalue weighted by molar-refractivity contribution is 7.85. The second-order valence-corrected chi connectivity index (χ2v) is 7.22. The Kier molecular flexibility index (Phi) is 5.88. The predicted molar refractivity (Wildman–Crippen MR) is 80.3 cm³/mol. The van der Waals surface area contributed by atoms with Crippen molar-refractivity contribution in [1.82, 2.24) is 0 Å². The van der Waals surface area contributed by atoms with Crippen LogP contribution in [0.5, 0.6) is 0 Å². The van der Waals surface area contributed by atoms with Gasteiger partial charge in [0.05, 0.1) is 36.1 Å². The Labute approximate surface area is 134 Å². The van der Waals surface area contributed by atoms with Crippen LogP contribution in [0.3, 0.4) is 0 Å². The van der Waals surface area contributed by atoms with Crippen LogP contribution in [0.25, 0.3) is 0 Å². The lowest BCUT2D eigenvalue weighted by Gasteiger charge is -2.20. The third-order valence-corrected chi connectivity index (χ3v) is 4.37. The van der Waals surface area contributed by atoms with E-state index in [0.717, 1.165) is 11.8 Å². The summed E-state index contributed by atoms with van der Waals surface area (Å²) in [6.45, 7) is 1.07. The zero-order chi connectivity index (χ0) is 15.5. The van der Waals surface area contributed by atoms with E-state index < -0.39 is 10.1 Å². The standard InChI is InChI=1S/C13H16Cl2O5S/c1-21(16,17)20-8-10(7-13-18-4-5-19-13)9-2-3-11(14)12(15)6-9/h2-3,6,10,13H,4-5,7-8H2,1H3. The number of ether oxygens (including phenoxy) is 2. The van der Waals surface area contributed by atoms with Crippen molar-refractivity contribution in [1.29, 1.82) is 0 Å². The van der Waals surface area contributed by atoms with Crippen LogP contribution in [0.2, 0.25) is 10.0 Å². The van der Waals surface area contributed by atoms with E-state index in [0.29, 0.717) is 29.7 Å². The van der Waals surface area contributed by atoms with E-state index in [1.54, 1.807) is 18.2 Å². The molecule has 0 saturated carbocycles. The number of hydrogen-bond donors (Lipinski definition) is 0. The third kappa shape index (κ3) is 5.39. The first-order chi connectivity index (χ1) is 9.85. The van der Waals surface area contributed by atoms with Gasteiger partial charge in [0.2, 0.25) is 0 Å². The Morgan fingerprint density at radius 2 is 1.95 bits per heavy atom. The Morgan fingerprint density at radius 1 is 1.29 bits per heavy atom. The van der Waals surface area contributed by atoms with Gasteiger partial charge in [0, 0.05) is 12.3 Å². The largest absolute Gasteiger partial charge is 0.350 e. The molecule has 1 atom stereocenters. The Morgan fingerprint density at radius 3 is 2.52 bits per heavy atom. The Bertz CT molecular complexity index is 584. The molecular weight excluding hydrogens is 339 g/mol. The Balaban J connectivity index is 2.14. The first-order valence-corrected chi connectivity index (χ1v) is 8.95. The smallest absolute Gasteiger partial charge is 0.264 e. The summed E-state index contributed by atoms with van der Waals surface area (Å²) < 4.78 is 38.1. The summed E-state index contributed by atoms with van der Waals surface area (Å²) >= 11 is 11.9. The van der Waals surface area contributed by atoms with Crippen molar-refractivity contribution in [2.24, 2.45) is 0 Å². The number of rotatable bonds is 6. The summed E-state index contributed by atoms with van der Waals surface area (Å²) in [5, 5.41) is 0.850. The topological polar surface area (TPSA) is 61.8 Å². The van der Waals surface area contributed by atoms with Crippen LogP contribution in [0.15, 0.2) is 18.2 Å². The summed E-state index contributed by atoms with van der Waals surface area (Å²) in [4.78, 5) is 0. The summed E-state index contributed by atoms with van der Waals surface area (Å²) in [7, 11) is -3.52. The highest BCUT2D eigenvalue weighted by Gasteiger charge is 2.24. The fourth-order valence-electron chi connectivity index (χ4n) is 2.05. The fourth-order valence-corrected chi connectivity index (χ4v) is 2.77. The van der Waals surface area contributed by atoms with Crippen LogP contribution in [0.1, 0.15) is 17.9 Å². The molecule has 118 valence electrons. The zero-order valence-electron chi connectivity index (χ0n) is 11.4. The van der Waals surface area contributed by atoms with Gasteiger partial charge >= 0.3 is 0 Å². The summed E-state index contributed by atoms with van der Waals surface area (Å²) in [6.07, 6.45) is 1.13. The second kappa shape index (κ2) is 7.26. The van der Waals surface area contributed by atoms with Crippen LogP contribution >= 0.6 is 23.2 Å². The van der Waals surface area contributed by atoms with Gasteiger partial charge in [-0.2, -0.15) is 8.42 Å². The lowest BCUT2D eigenvalue weighted by Crippen LogP contribution is -2.19. The van der Waals surface area contributed by atoms with Gasteiger partial charge in [-0.15, -0.1) is 0 Å². The van der Waals surface area contributed by atoms with E-state index in [-0.39, 0.29) is 18.8 Å². The molecule has 0 radical (unpaired) electrons. The van der Waals surface area contributed by atoms with Gasteiger partial charge in [0.15, 0.2) is 6.29 Å². The van der Waals surface area contributed by atoms with Crippen LogP contribution in [-0.2, 0) is 23.8 Å². The van der Waals surface area contributed by atoms with E-state index in [9.17, 15) is 8.42 Å². The van der Waals surface area contributed by atoms with E-state index in [1.165, 1.54) is 0 Å². The molecule has 1 aromatic rings. The normalized spacial score (nSPS) is 18.0. The number of benzene rings is 1. The molecule has 2 rings (SSSR count). The molecule has 1 aliphatic rings. The van der Waals surface area contributed by atoms with Gasteiger partial charge in [-0.3, -0.25) is 4.18 Å². The van der Waals surface area contributed by atoms with Crippen molar-refractivity contribution in [3.05, 3.63) is 33.8 Å². The molecule has 0 amide bonds. The molecule has 0 N–H and O–H groups in total. The van der Waals surface area contributed by atoms with E-state index in [4.69, 9.17) is 36.9 Å². The lowest BCUT2D eigenvalue weighted by molar-refractivity contribution is -0.0532. The average molecular weight is 355 g/mol. The fraction of sp³-hybridized carbons (Fsp3) is 0.538. The van der Waals surface area contributed by atoms with Crippen molar-refractivity contribution in [2.45, 2.75) is 18.6 Å². The van der Waals surface area contributed by atoms with Gasteiger partial charge in [0.1, 0.15) is 0 Å². The minimum atomic E-state index is -3.52. The van der Waals surface area contributed by atoms with Crippen molar-refractivity contribution >= 4 is 33.3 Å². The van der Waals surface area contributed by atoms with Crippen molar-refractivity contribution in [2.75, 3.05) is 26.1 Å². The van der Waals surface area contributed by atoms with Crippen molar-refractivity contribution < 1.29 is 22.1 Å². The first-order valence-electron chi connectivity index (χ1n) is 6.38. The van der Waals surface area contributed by atoms with Crippen molar-refractivity contribution in [3.8, 4) is 0 Å². The van der Waals surface area contributed by atoms with Gasteiger partial charge in [-0.1, -0.05) is 29.3 Å². The van der Waals surface area contributed by atoms with Crippen molar-refractivity contribution in [3.63, 3.8) is 0 Å². The minimum Gasteiger partial charge on any atom is -0.350 e. The van der Waals surface area contributed by atoms with Crippen LogP contribution < -0.4 is 0 Å². The van der Waals surface area contributed by atoms with E-state index >= 15 is 0 Å². The molecule has 1 saturated heterocycles. The summed E-state index contributed by atoms with van der Waals surface area (Å²) in [6, 6.07) is 5.16. The molecule has 1 aromatic carbocycles. The molecule has 0 bridgehead atoms. The molecule has 1 aliphatic heterocycles. The highest BCUT2D eigenvalue weighted by Crippen LogP contribution is 2.30.